The molecule has 0 saturated carbocycles. The number of benzene rings is 1. The molecule has 3 heterocycles. The minimum Gasteiger partial charge on any atom is -0.305 e. The quantitative estimate of drug-likeness (QED) is 0.790. The number of halogens is 1. The average molecular weight is 337 g/mol. The van der Waals surface area contributed by atoms with Crippen LogP contribution in [0.25, 0.3) is 11.5 Å². The van der Waals surface area contributed by atoms with Crippen LogP contribution in [0.5, 0.6) is 0 Å². The molecule has 1 aromatic carbocycles. The molecule has 25 heavy (non-hydrogen) atoms. The van der Waals surface area contributed by atoms with Crippen molar-refractivity contribution in [2.75, 3.05) is 6.54 Å². The van der Waals surface area contributed by atoms with E-state index >= 15 is 0 Å². The third-order valence-electron chi connectivity index (χ3n) is 4.31. The van der Waals surface area contributed by atoms with Gasteiger partial charge in [0.15, 0.2) is 5.82 Å². The lowest BCUT2D eigenvalue weighted by Gasteiger charge is -2.27. The summed E-state index contributed by atoms with van der Waals surface area (Å²) in [6, 6.07) is 6.74. The first-order valence-electron chi connectivity index (χ1n) is 8.05. The van der Waals surface area contributed by atoms with Gasteiger partial charge in [-0.25, -0.2) is 14.4 Å². The number of rotatable bonds is 3. The summed E-state index contributed by atoms with van der Waals surface area (Å²) in [6.45, 7) is 1.68. The van der Waals surface area contributed by atoms with Gasteiger partial charge in [0, 0.05) is 43.2 Å². The molecule has 0 unspecified atom stereocenters. The van der Waals surface area contributed by atoms with Gasteiger partial charge in [-0.3, -0.25) is 14.7 Å². The van der Waals surface area contributed by atoms with Crippen molar-refractivity contribution in [2.45, 2.75) is 19.5 Å². The maximum Gasteiger partial charge on any atom is 0.254 e. The lowest BCUT2D eigenvalue weighted by molar-refractivity contribution is 0.237. The number of hydrogen-bond acceptors (Lipinski definition) is 5. The predicted octanol–water partition coefficient (Wildman–Crippen LogP) is 1.92. The molecule has 0 bridgehead atoms. The van der Waals surface area contributed by atoms with Crippen molar-refractivity contribution in [3.8, 4) is 11.5 Å². The van der Waals surface area contributed by atoms with Crippen LogP contribution < -0.4 is 5.56 Å². The minimum atomic E-state index is -0.215. The monoisotopic (exact) mass is 337 g/mol. The normalized spacial score (nSPS) is 14.3. The Morgan fingerprint density at radius 3 is 2.92 bits per heavy atom. The Morgan fingerprint density at radius 1 is 1.24 bits per heavy atom. The minimum absolute atomic E-state index is 0.142. The summed E-state index contributed by atoms with van der Waals surface area (Å²) in [5.74, 6) is 0.192. The van der Waals surface area contributed by atoms with Gasteiger partial charge in [-0.2, -0.15) is 0 Å². The Kier molecular flexibility index (Phi) is 4.07. The Hall–Kier alpha value is -2.93. The molecule has 1 N–H and O–H groups in total. The summed E-state index contributed by atoms with van der Waals surface area (Å²) >= 11 is 0. The van der Waals surface area contributed by atoms with Crippen LogP contribution in [0, 0.1) is 5.82 Å². The van der Waals surface area contributed by atoms with Crippen LogP contribution in [0.1, 0.15) is 16.8 Å². The highest BCUT2D eigenvalue weighted by Crippen LogP contribution is 2.19. The van der Waals surface area contributed by atoms with E-state index in [0.717, 1.165) is 0 Å². The Bertz CT molecular complexity index is 957. The maximum atomic E-state index is 13.9. The van der Waals surface area contributed by atoms with Crippen molar-refractivity contribution >= 4 is 0 Å². The molecule has 7 heteroatoms. The lowest BCUT2D eigenvalue weighted by atomic mass is 10.1. The van der Waals surface area contributed by atoms with Crippen molar-refractivity contribution in [3.05, 3.63) is 75.8 Å². The first-order chi connectivity index (χ1) is 12.2. The number of hydrogen-bond donors (Lipinski definition) is 1. The molecule has 2 aromatic heterocycles. The maximum absolute atomic E-state index is 13.9. The van der Waals surface area contributed by atoms with Gasteiger partial charge in [-0.15, -0.1) is 0 Å². The summed E-state index contributed by atoms with van der Waals surface area (Å²) in [7, 11) is 0. The SMILES string of the molecule is O=c1[nH]c(-c2cnccn2)nc2c1CCN(Cc1ccccc1F)C2. The van der Waals surface area contributed by atoms with Crippen LogP contribution in [0.4, 0.5) is 4.39 Å². The van der Waals surface area contributed by atoms with E-state index in [1.807, 2.05) is 6.07 Å². The van der Waals surface area contributed by atoms with Crippen molar-refractivity contribution in [1.82, 2.24) is 24.8 Å². The predicted molar refractivity (Wildman–Crippen MR) is 90.1 cm³/mol. The molecule has 0 saturated heterocycles. The van der Waals surface area contributed by atoms with Gasteiger partial charge in [0.1, 0.15) is 11.5 Å². The number of aromatic nitrogens is 4. The van der Waals surface area contributed by atoms with Crippen LogP contribution in [-0.4, -0.2) is 31.4 Å². The molecule has 126 valence electrons. The highest BCUT2D eigenvalue weighted by molar-refractivity contribution is 5.47. The first-order valence-corrected chi connectivity index (χ1v) is 8.05. The Balaban J connectivity index is 1.63. The molecule has 0 amide bonds. The van der Waals surface area contributed by atoms with Crippen LogP contribution in [0.3, 0.4) is 0 Å². The van der Waals surface area contributed by atoms with Gasteiger partial charge in [-0.05, 0) is 12.5 Å². The number of nitrogens with zero attached hydrogens (tertiary/aromatic N) is 4. The van der Waals surface area contributed by atoms with Crippen LogP contribution in [0.15, 0.2) is 47.7 Å². The fourth-order valence-corrected chi connectivity index (χ4v) is 3.04. The fraction of sp³-hybridized carbons (Fsp3) is 0.222. The molecule has 1 aliphatic rings. The topological polar surface area (TPSA) is 74.8 Å². The summed E-state index contributed by atoms with van der Waals surface area (Å²) < 4.78 is 13.9. The molecule has 1 aliphatic heterocycles. The van der Waals surface area contributed by atoms with E-state index < -0.39 is 0 Å². The fourth-order valence-electron chi connectivity index (χ4n) is 3.04. The van der Waals surface area contributed by atoms with Gasteiger partial charge in [-0.1, -0.05) is 18.2 Å². The molecule has 0 fully saturated rings. The molecule has 0 aliphatic carbocycles. The summed E-state index contributed by atoms with van der Waals surface area (Å²) in [5.41, 5.74) is 2.43. The third kappa shape index (κ3) is 3.18. The smallest absolute Gasteiger partial charge is 0.254 e. The number of aromatic amines is 1. The molecule has 0 spiro atoms. The second-order valence-corrected chi connectivity index (χ2v) is 5.98. The highest BCUT2D eigenvalue weighted by Gasteiger charge is 2.22. The molecule has 4 rings (SSSR count). The summed E-state index contributed by atoms with van der Waals surface area (Å²) in [6.07, 6.45) is 5.27. The standard InChI is InChI=1S/C18H16FN5O/c19-14-4-2-1-3-12(14)10-24-8-5-13-16(11-24)22-17(23-18(13)25)15-9-20-6-7-21-15/h1-4,6-7,9H,5,8,10-11H2,(H,22,23,25). The zero-order valence-corrected chi connectivity index (χ0v) is 13.4. The number of nitrogens with one attached hydrogen (secondary N) is 1. The average Bonchev–Trinajstić information content (AvgIpc) is 2.64. The lowest BCUT2D eigenvalue weighted by Crippen LogP contribution is -2.35. The van der Waals surface area contributed by atoms with E-state index in [0.29, 0.717) is 54.4 Å². The Labute approximate surface area is 143 Å². The summed E-state index contributed by atoms with van der Waals surface area (Å²) in [4.78, 5) is 30.0. The third-order valence-corrected chi connectivity index (χ3v) is 4.31. The van der Waals surface area contributed by atoms with E-state index in [9.17, 15) is 9.18 Å². The van der Waals surface area contributed by atoms with Crippen LogP contribution in [-0.2, 0) is 19.5 Å². The molecule has 0 radical (unpaired) electrons. The summed E-state index contributed by atoms with van der Waals surface area (Å²) in [5, 5.41) is 0. The van der Waals surface area contributed by atoms with Gasteiger partial charge < -0.3 is 4.98 Å². The van der Waals surface area contributed by atoms with Gasteiger partial charge >= 0.3 is 0 Å². The zero-order chi connectivity index (χ0) is 17.2. The second-order valence-electron chi connectivity index (χ2n) is 5.98. The van der Waals surface area contributed by atoms with Crippen LogP contribution >= 0.6 is 0 Å². The molecule has 0 atom stereocenters. The van der Waals surface area contributed by atoms with Gasteiger partial charge in [0.25, 0.3) is 5.56 Å². The first kappa shape index (κ1) is 15.6. The Morgan fingerprint density at radius 2 is 2.12 bits per heavy atom. The van der Waals surface area contributed by atoms with Gasteiger partial charge in [0.05, 0.1) is 11.9 Å². The molecular formula is C18H16FN5O. The highest BCUT2D eigenvalue weighted by atomic mass is 19.1. The van der Waals surface area contributed by atoms with Crippen molar-refractivity contribution in [2.24, 2.45) is 0 Å². The van der Waals surface area contributed by atoms with Crippen molar-refractivity contribution in [1.29, 1.82) is 0 Å². The number of fused-ring (bicyclic) bond motifs is 1. The van der Waals surface area contributed by atoms with E-state index in [1.165, 1.54) is 6.07 Å². The van der Waals surface area contributed by atoms with E-state index in [-0.39, 0.29) is 11.4 Å². The van der Waals surface area contributed by atoms with Crippen molar-refractivity contribution < 1.29 is 4.39 Å². The number of H-pyrrole nitrogens is 1. The molecular weight excluding hydrogens is 321 g/mol. The van der Waals surface area contributed by atoms with Gasteiger partial charge in [0.2, 0.25) is 0 Å². The largest absolute Gasteiger partial charge is 0.305 e. The zero-order valence-electron chi connectivity index (χ0n) is 13.4. The van der Waals surface area contributed by atoms with E-state index in [2.05, 4.69) is 24.8 Å². The van der Waals surface area contributed by atoms with E-state index in [4.69, 9.17) is 0 Å². The molecule has 6 nitrogen and oxygen atoms in total. The van der Waals surface area contributed by atoms with Crippen LogP contribution in [0.2, 0.25) is 0 Å². The molecule has 3 aromatic rings. The second kappa shape index (κ2) is 6.52. The van der Waals surface area contributed by atoms with E-state index in [1.54, 1.807) is 30.7 Å². The van der Waals surface area contributed by atoms with Crippen molar-refractivity contribution in [3.63, 3.8) is 0 Å².